The molecule has 1 aromatic carbocycles. The van der Waals surface area contributed by atoms with Crippen molar-refractivity contribution in [2.75, 3.05) is 5.73 Å². The van der Waals surface area contributed by atoms with Crippen LogP contribution in [0.2, 0.25) is 0 Å². The molecule has 2 N–H and O–H groups in total. The van der Waals surface area contributed by atoms with E-state index in [1.165, 1.54) is 24.0 Å². The van der Waals surface area contributed by atoms with Crippen LogP contribution in [0.25, 0.3) is 0 Å². The predicted molar refractivity (Wildman–Crippen MR) is 61.5 cm³/mol. The number of hydrogen-bond donors (Lipinski definition) is 1. The van der Waals surface area contributed by atoms with Crippen molar-refractivity contribution in [3.05, 3.63) is 29.3 Å². The minimum atomic E-state index is 0.351. The Hall–Kier alpha value is -0.980. The molecule has 1 aromatic rings. The third-order valence-corrected chi connectivity index (χ3v) is 3.82. The van der Waals surface area contributed by atoms with Gasteiger partial charge in [-0.2, -0.15) is 0 Å². The summed E-state index contributed by atoms with van der Waals surface area (Å²) < 4.78 is 0. The van der Waals surface area contributed by atoms with Gasteiger partial charge in [-0.1, -0.05) is 32.9 Å². The Kier molecular flexibility index (Phi) is 2.06. The lowest BCUT2D eigenvalue weighted by Crippen LogP contribution is -2.16. The highest BCUT2D eigenvalue weighted by molar-refractivity contribution is 5.57. The summed E-state index contributed by atoms with van der Waals surface area (Å²) in [6.45, 7) is 6.91. The van der Waals surface area contributed by atoms with Crippen molar-refractivity contribution in [3.8, 4) is 0 Å². The van der Waals surface area contributed by atoms with Crippen molar-refractivity contribution in [3.63, 3.8) is 0 Å². The van der Waals surface area contributed by atoms with Gasteiger partial charge >= 0.3 is 0 Å². The van der Waals surface area contributed by atoms with Gasteiger partial charge in [0, 0.05) is 5.69 Å². The van der Waals surface area contributed by atoms with Gasteiger partial charge in [0.1, 0.15) is 0 Å². The molecule has 0 aliphatic heterocycles. The first kappa shape index (κ1) is 9.57. The number of nitrogen functional groups attached to an aromatic ring is 1. The van der Waals surface area contributed by atoms with Crippen LogP contribution in [-0.4, -0.2) is 0 Å². The largest absolute Gasteiger partial charge is 0.398 e. The Labute approximate surface area is 86.3 Å². The van der Waals surface area contributed by atoms with Crippen LogP contribution in [0.5, 0.6) is 0 Å². The van der Waals surface area contributed by atoms with E-state index in [2.05, 4.69) is 32.9 Å². The molecule has 0 bridgehead atoms. The van der Waals surface area contributed by atoms with E-state index in [1.54, 1.807) is 0 Å². The number of nitrogens with two attached hydrogens (primary N) is 1. The number of fused-ring (bicyclic) bond motifs is 1. The van der Waals surface area contributed by atoms with E-state index in [-0.39, 0.29) is 0 Å². The van der Waals surface area contributed by atoms with Crippen molar-refractivity contribution in [1.82, 2.24) is 0 Å². The van der Waals surface area contributed by atoms with Crippen LogP contribution in [0.15, 0.2) is 18.2 Å². The van der Waals surface area contributed by atoms with E-state index >= 15 is 0 Å². The molecule has 14 heavy (non-hydrogen) atoms. The lowest BCUT2D eigenvalue weighted by atomic mass is 9.81. The lowest BCUT2D eigenvalue weighted by Gasteiger charge is -2.23. The fourth-order valence-electron chi connectivity index (χ4n) is 2.88. The number of rotatable bonds is 1. The molecule has 0 heterocycles. The Morgan fingerprint density at radius 1 is 1.50 bits per heavy atom. The third kappa shape index (κ3) is 1.15. The highest BCUT2D eigenvalue weighted by atomic mass is 14.6. The fraction of sp³-hybridized carbons (Fsp3) is 0.538. The Bertz CT molecular complexity index is 356. The second-order valence-electron chi connectivity index (χ2n) is 4.83. The number of benzene rings is 1. The minimum absolute atomic E-state index is 0.351. The molecule has 0 fully saturated rings. The summed E-state index contributed by atoms with van der Waals surface area (Å²) in [7, 11) is 0. The highest BCUT2D eigenvalue weighted by Gasteiger charge is 2.37. The highest BCUT2D eigenvalue weighted by Crippen LogP contribution is 2.49. The van der Waals surface area contributed by atoms with E-state index in [1.807, 2.05) is 6.07 Å². The van der Waals surface area contributed by atoms with Crippen molar-refractivity contribution in [2.24, 2.45) is 0 Å². The molecule has 1 aliphatic carbocycles. The number of anilines is 1. The normalized spacial score (nSPS) is 30.4. The topological polar surface area (TPSA) is 26.0 Å². The SMILES string of the molecule is CC[C@@]1(C)C[C@@H](C)c2c(N)cccc21. The monoisotopic (exact) mass is 189 g/mol. The summed E-state index contributed by atoms with van der Waals surface area (Å²) >= 11 is 0. The van der Waals surface area contributed by atoms with E-state index in [0.717, 1.165) is 5.69 Å². The molecular weight excluding hydrogens is 170 g/mol. The van der Waals surface area contributed by atoms with Crippen LogP contribution in [0.1, 0.15) is 50.7 Å². The molecular formula is C13H19N. The molecule has 0 saturated heterocycles. The Balaban J connectivity index is 2.60. The molecule has 1 aliphatic rings. The van der Waals surface area contributed by atoms with Crippen LogP contribution in [0.3, 0.4) is 0 Å². The standard InChI is InChI=1S/C13H19N/c1-4-13(3)8-9(2)12-10(13)6-5-7-11(12)14/h5-7,9H,4,8,14H2,1-3H3/t9-,13+/m1/s1. The van der Waals surface area contributed by atoms with Gasteiger partial charge < -0.3 is 5.73 Å². The minimum Gasteiger partial charge on any atom is -0.398 e. The maximum atomic E-state index is 6.04. The van der Waals surface area contributed by atoms with Gasteiger partial charge in [-0.3, -0.25) is 0 Å². The second kappa shape index (κ2) is 3.01. The first-order chi connectivity index (χ1) is 6.58. The summed E-state index contributed by atoms with van der Waals surface area (Å²) in [5.74, 6) is 0.621. The molecule has 1 heteroatoms. The summed E-state index contributed by atoms with van der Waals surface area (Å²) in [4.78, 5) is 0. The fourth-order valence-corrected chi connectivity index (χ4v) is 2.88. The van der Waals surface area contributed by atoms with Crippen molar-refractivity contribution >= 4 is 5.69 Å². The van der Waals surface area contributed by atoms with Crippen LogP contribution < -0.4 is 5.73 Å². The van der Waals surface area contributed by atoms with Crippen molar-refractivity contribution in [1.29, 1.82) is 0 Å². The third-order valence-electron chi connectivity index (χ3n) is 3.82. The molecule has 76 valence electrons. The van der Waals surface area contributed by atoms with Crippen molar-refractivity contribution in [2.45, 2.75) is 44.9 Å². The molecule has 0 amide bonds. The maximum Gasteiger partial charge on any atom is 0.0352 e. The van der Waals surface area contributed by atoms with Gasteiger partial charge in [-0.05, 0) is 41.4 Å². The summed E-state index contributed by atoms with van der Waals surface area (Å²) in [5, 5.41) is 0. The van der Waals surface area contributed by atoms with Gasteiger partial charge in [0.15, 0.2) is 0 Å². The van der Waals surface area contributed by atoms with Gasteiger partial charge in [-0.15, -0.1) is 0 Å². The summed E-state index contributed by atoms with van der Waals surface area (Å²) in [5.41, 5.74) is 10.2. The van der Waals surface area contributed by atoms with Gasteiger partial charge in [0.25, 0.3) is 0 Å². The maximum absolute atomic E-state index is 6.04. The Morgan fingerprint density at radius 2 is 2.21 bits per heavy atom. The molecule has 0 unspecified atom stereocenters. The van der Waals surface area contributed by atoms with E-state index in [0.29, 0.717) is 11.3 Å². The average Bonchev–Trinajstić information content (AvgIpc) is 2.41. The Morgan fingerprint density at radius 3 is 2.86 bits per heavy atom. The van der Waals surface area contributed by atoms with Crippen LogP contribution in [0, 0.1) is 0 Å². The molecule has 1 nitrogen and oxygen atoms in total. The second-order valence-corrected chi connectivity index (χ2v) is 4.83. The van der Waals surface area contributed by atoms with Crippen LogP contribution >= 0.6 is 0 Å². The molecule has 0 saturated carbocycles. The van der Waals surface area contributed by atoms with E-state index in [4.69, 9.17) is 5.73 Å². The molecule has 0 radical (unpaired) electrons. The average molecular weight is 189 g/mol. The predicted octanol–water partition coefficient (Wildman–Crippen LogP) is 3.44. The van der Waals surface area contributed by atoms with E-state index < -0.39 is 0 Å². The number of hydrogen-bond acceptors (Lipinski definition) is 1. The first-order valence-electron chi connectivity index (χ1n) is 5.47. The van der Waals surface area contributed by atoms with Gasteiger partial charge in [0.05, 0.1) is 0 Å². The zero-order chi connectivity index (χ0) is 10.3. The quantitative estimate of drug-likeness (QED) is 0.673. The smallest absolute Gasteiger partial charge is 0.0352 e. The van der Waals surface area contributed by atoms with Crippen LogP contribution in [0.4, 0.5) is 5.69 Å². The summed E-state index contributed by atoms with van der Waals surface area (Å²) in [6, 6.07) is 6.36. The summed E-state index contributed by atoms with van der Waals surface area (Å²) in [6.07, 6.45) is 2.45. The lowest BCUT2D eigenvalue weighted by molar-refractivity contribution is 0.430. The zero-order valence-corrected chi connectivity index (χ0v) is 9.30. The van der Waals surface area contributed by atoms with Crippen molar-refractivity contribution < 1.29 is 0 Å². The van der Waals surface area contributed by atoms with E-state index in [9.17, 15) is 0 Å². The molecule has 2 rings (SSSR count). The van der Waals surface area contributed by atoms with Gasteiger partial charge in [-0.25, -0.2) is 0 Å². The van der Waals surface area contributed by atoms with Crippen LogP contribution in [-0.2, 0) is 5.41 Å². The molecule has 0 spiro atoms. The first-order valence-corrected chi connectivity index (χ1v) is 5.47. The van der Waals surface area contributed by atoms with Gasteiger partial charge in [0.2, 0.25) is 0 Å². The molecule has 2 atom stereocenters. The zero-order valence-electron chi connectivity index (χ0n) is 9.30. The molecule has 0 aromatic heterocycles.